The first-order valence-electron chi connectivity index (χ1n) is 19.6. The summed E-state index contributed by atoms with van der Waals surface area (Å²) in [6.07, 6.45) is 3.15. The fourth-order valence-electron chi connectivity index (χ4n) is 7.43. The fourth-order valence-corrected chi connectivity index (χ4v) is 10.3. The number of sulfonamides is 1. The fraction of sp³-hybridized carbons (Fsp3) is 0.311. The predicted octanol–water partition coefficient (Wildman–Crippen LogP) is 9.48. The van der Waals surface area contributed by atoms with Crippen molar-refractivity contribution in [3.05, 3.63) is 136 Å². The van der Waals surface area contributed by atoms with E-state index in [9.17, 15) is 21.6 Å². The zero-order valence-corrected chi connectivity index (χ0v) is 38.6. The maximum absolute atomic E-state index is 15.9. The van der Waals surface area contributed by atoms with E-state index in [-0.39, 0.29) is 43.7 Å². The van der Waals surface area contributed by atoms with Gasteiger partial charge in [0.25, 0.3) is 10.0 Å². The first kappa shape index (κ1) is 46.3. The average molecular weight is 953 g/mol. The van der Waals surface area contributed by atoms with Gasteiger partial charge in [-0.05, 0) is 110 Å². The Morgan fingerprint density at radius 3 is 2.37 bits per heavy atom. The molecular formula is C45H48BrF2N5O7S2. The number of hydrogen-bond acceptors (Lipinski definition) is 9. The van der Waals surface area contributed by atoms with Gasteiger partial charge >= 0.3 is 5.97 Å². The molecule has 17 heteroatoms. The van der Waals surface area contributed by atoms with Crippen LogP contribution >= 0.6 is 15.9 Å². The van der Waals surface area contributed by atoms with Gasteiger partial charge in [-0.1, -0.05) is 61.9 Å². The molecule has 0 spiro atoms. The van der Waals surface area contributed by atoms with Crippen molar-refractivity contribution in [3.63, 3.8) is 0 Å². The minimum absolute atomic E-state index is 0.0136. The van der Waals surface area contributed by atoms with Crippen LogP contribution in [0.5, 0.6) is 11.5 Å². The number of ether oxygens (including phenoxy) is 2. The van der Waals surface area contributed by atoms with Gasteiger partial charge < -0.3 is 9.47 Å². The normalized spacial score (nSPS) is 13.8. The van der Waals surface area contributed by atoms with E-state index in [1.807, 2.05) is 38.1 Å². The van der Waals surface area contributed by atoms with E-state index in [1.54, 1.807) is 40.0 Å². The van der Waals surface area contributed by atoms with E-state index in [4.69, 9.17) is 19.6 Å². The molecule has 1 unspecified atom stereocenters. The molecule has 0 radical (unpaired) electrons. The lowest BCUT2D eigenvalue weighted by molar-refractivity contribution is -0.144. The Labute approximate surface area is 369 Å². The van der Waals surface area contributed by atoms with Gasteiger partial charge in [0.15, 0.2) is 23.2 Å². The summed E-state index contributed by atoms with van der Waals surface area (Å²) in [5, 5.41) is 6.03. The smallest absolute Gasteiger partial charge is 0.308 e. The van der Waals surface area contributed by atoms with Crippen LogP contribution in [0.25, 0.3) is 22.3 Å². The molecule has 0 aliphatic carbocycles. The molecule has 1 N–H and O–H groups in total. The van der Waals surface area contributed by atoms with Crippen molar-refractivity contribution >= 4 is 52.8 Å². The van der Waals surface area contributed by atoms with Gasteiger partial charge in [0, 0.05) is 35.6 Å². The highest BCUT2D eigenvalue weighted by Gasteiger charge is 2.36. The zero-order chi connectivity index (χ0) is 45.4. The van der Waals surface area contributed by atoms with Gasteiger partial charge in [-0.15, -0.1) is 0 Å². The highest BCUT2D eigenvalue weighted by atomic mass is 79.9. The van der Waals surface area contributed by atoms with Crippen LogP contribution in [0.2, 0.25) is 0 Å². The molecule has 328 valence electrons. The molecule has 0 aliphatic rings. The number of nitrogens with one attached hydrogen (secondary N) is 1. The van der Waals surface area contributed by atoms with Crippen LogP contribution in [-0.2, 0) is 48.5 Å². The summed E-state index contributed by atoms with van der Waals surface area (Å²) >= 11 is 3.42. The van der Waals surface area contributed by atoms with Crippen molar-refractivity contribution in [2.45, 2.75) is 76.2 Å². The van der Waals surface area contributed by atoms with Gasteiger partial charge in [-0.2, -0.15) is 5.10 Å². The second-order valence-electron chi connectivity index (χ2n) is 16.2. The number of esters is 1. The molecule has 0 aliphatic heterocycles. The average Bonchev–Trinajstić information content (AvgIpc) is 3.83. The number of fused-ring (bicyclic) bond motifs is 1. The van der Waals surface area contributed by atoms with Crippen molar-refractivity contribution in [3.8, 4) is 22.9 Å². The molecule has 62 heavy (non-hydrogen) atoms. The molecule has 0 saturated heterocycles. The van der Waals surface area contributed by atoms with Crippen LogP contribution < -0.4 is 9.46 Å². The SMILES string of the molecule is C=CS(=O)(=O)NC(C)(C)CCCC(C)(c1cccc(C[C@H](C)C(=O)OC)c1)c1nc(-c2cc(Oc3c(F)cc4c(ccn4S(=O)(=O)c4ccc(C)cc4)c3Br)ccc2F)n(C)n1. The molecule has 0 fully saturated rings. The summed E-state index contributed by atoms with van der Waals surface area (Å²) < 4.78 is 99.8. The highest BCUT2D eigenvalue weighted by molar-refractivity contribution is 9.10. The van der Waals surface area contributed by atoms with Crippen molar-refractivity contribution in [2.24, 2.45) is 13.0 Å². The quantitative estimate of drug-likeness (QED) is 0.0882. The number of rotatable bonds is 17. The van der Waals surface area contributed by atoms with E-state index < -0.39 is 48.6 Å². The standard InChI is InChI=1S/C45H48BrF2N5O7S2/c1-9-61(55,56)51-44(4,5)21-11-22-45(6,31-13-10-12-30(25-31)24-29(3)42(54)59-8)43-49-41(52(7)50-43)35-26-32(16-19-36(35)47)60-40-37(48)27-38-34(39(40)46)20-23-53(38)62(57,58)33-17-14-28(2)15-18-33/h9-10,12-20,23,25-27,29,51H,1,11,21-22,24H2,2-8H3/t29-,45?/m0/s1. The van der Waals surface area contributed by atoms with Gasteiger partial charge in [0.2, 0.25) is 10.0 Å². The van der Waals surface area contributed by atoms with Crippen LogP contribution in [0, 0.1) is 24.5 Å². The van der Waals surface area contributed by atoms with Gasteiger partial charge in [0.1, 0.15) is 11.6 Å². The minimum Gasteiger partial charge on any atom is -0.469 e. The van der Waals surface area contributed by atoms with Crippen molar-refractivity contribution in [1.82, 2.24) is 23.5 Å². The largest absolute Gasteiger partial charge is 0.469 e. The molecular weight excluding hydrogens is 905 g/mol. The number of carbonyl (C=O) groups excluding carboxylic acids is 1. The maximum Gasteiger partial charge on any atom is 0.308 e. The highest BCUT2D eigenvalue weighted by Crippen LogP contribution is 2.42. The molecule has 4 aromatic carbocycles. The summed E-state index contributed by atoms with van der Waals surface area (Å²) in [5.74, 6) is -1.94. The Kier molecular flexibility index (Phi) is 13.3. The number of aryl methyl sites for hydroxylation is 2. The lowest BCUT2D eigenvalue weighted by Crippen LogP contribution is -2.42. The van der Waals surface area contributed by atoms with Crippen LogP contribution in [-0.4, -0.2) is 54.2 Å². The Bertz CT molecular complexity index is 2900. The first-order valence-corrected chi connectivity index (χ1v) is 23.4. The van der Waals surface area contributed by atoms with Crippen LogP contribution in [0.3, 0.4) is 0 Å². The Morgan fingerprint density at radius 1 is 0.984 bits per heavy atom. The van der Waals surface area contributed by atoms with E-state index >= 15 is 8.78 Å². The minimum atomic E-state index is -4.06. The van der Waals surface area contributed by atoms with Crippen LogP contribution in [0.1, 0.15) is 69.5 Å². The summed E-state index contributed by atoms with van der Waals surface area (Å²) in [5.41, 5.74) is 0.962. The number of nitrogens with zero attached hydrogens (tertiary/aromatic N) is 4. The molecule has 6 aromatic rings. The number of halogens is 3. The Balaban J connectivity index is 1.35. The van der Waals surface area contributed by atoms with Crippen LogP contribution in [0.4, 0.5) is 8.78 Å². The van der Waals surface area contributed by atoms with Crippen molar-refractivity contribution < 1.29 is 39.9 Å². The number of benzene rings is 4. The number of carbonyl (C=O) groups is 1. The van der Waals surface area contributed by atoms with Gasteiger partial charge in [-0.3, -0.25) is 4.79 Å². The number of hydrogen-bond donors (Lipinski definition) is 1. The van der Waals surface area contributed by atoms with Gasteiger partial charge in [-0.25, -0.2) is 44.0 Å². The summed E-state index contributed by atoms with van der Waals surface area (Å²) in [7, 11) is -4.80. The molecule has 2 heterocycles. The summed E-state index contributed by atoms with van der Waals surface area (Å²) in [4.78, 5) is 17.2. The third kappa shape index (κ3) is 9.70. The van der Waals surface area contributed by atoms with E-state index in [1.165, 1.54) is 54.4 Å². The third-order valence-electron chi connectivity index (χ3n) is 10.9. The maximum atomic E-state index is 15.9. The second-order valence-corrected chi connectivity index (χ2v) is 20.4. The molecule has 0 bridgehead atoms. The van der Waals surface area contributed by atoms with Crippen molar-refractivity contribution in [1.29, 1.82) is 0 Å². The van der Waals surface area contributed by atoms with Crippen LogP contribution in [0.15, 0.2) is 106 Å². The predicted molar refractivity (Wildman–Crippen MR) is 238 cm³/mol. The molecule has 6 rings (SSSR count). The lowest BCUT2D eigenvalue weighted by atomic mass is 9.75. The zero-order valence-electron chi connectivity index (χ0n) is 35.4. The Hall–Kier alpha value is -5.23. The molecule has 0 saturated carbocycles. The van der Waals surface area contributed by atoms with Crippen molar-refractivity contribution in [2.75, 3.05) is 7.11 Å². The van der Waals surface area contributed by atoms with Gasteiger partial charge in [0.05, 0.1) is 38.9 Å². The van der Waals surface area contributed by atoms with E-state index in [0.29, 0.717) is 36.9 Å². The third-order valence-corrected chi connectivity index (χ3v) is 14.6. The number of methoxy groups -OCH3 is 1. The molecule has 12 nitrogen and oxygen atoms in total. The molecule has 0 amide bonds. The topological polar surface area (TPSA) is 151 Å². The lowest BCUT2D eigenvalue weighted by Gasteiger charge is -2.31. The summed E-state index contributed by atoms with van der Waals surface area (Å²) in [6, 6.07) is 20.5. The Morgan fingerprint density at radius 2 is 1.69 bits per heavy atom. The monoisotopic (exact) mass is 951 g/mol. The second kappa shape index (κ2) is 17.9. The first-order chi connectivity index (χ1) is 29.1. The molecule has 2 atom stereocenters. The summed E-state index contributed by atoms with van der Waals surface area (Å²) in [6.45, 7) is 12.5. The van der Waals surface area contributed by atoms with E-state index in [0.717, 1.165) is 32.1 Å². The molecule has 2 aromatic heterocycles. The number of aromatic nitrogens is 4. The van der Waals surface area contributed by atoms with E-state index in [2.05, 4.69) is 27.2 Å².